The standard InChI is InChI=1S/C21H19BrN4O/c22-16-10-8-14(9-11-16)17-13-24-20(25-17)18-7-4-12-26(18)21(27)19(23)15-5-2-1-3-6-15/h1-11,13,18-19H,12,23H2,(H,24,25)/t18-,19+/m0/s1. The topological polar surface area (TPSA) is 75.0 Å². The SMILES string of the molecule is N[C@@H](C(=O)N1CC=C[C@H]1c1ncc(-c2ccc(Br)cc2)[nH]1)c1ccccc1. The molecule has 27 heavy (non-hydrogen) atoms. The van der Waals surface area contributed by atoms with Crippen LogP contribution in [0.4, 0.5) is 0 Å². The fraction of sp³-hybridized carbons (Fsp3) is 0.143. The van der Waals surface area contributed by atoms with E-state index in [9.17, 15) is 4.79 Å². The lowest BCUT2D eigenvalue weighted by Gasteiger charge is -2.26. The van der Waals surface area contributed by atoms with Crippen molar-refractivity contribution in [3.63, 3.8) is 0 Å². The second-order valence-electron chi connectivity index (χ2n) is 6.44. The third-order valence-electron chi connectivity index (χ3n) is 4.69. The number of amides is 1. The second-order valence-corrected chi connectivity index (χ2v) is 7.36. The summed E-state index contributed by atoms with van der Waals surface area (Å²) in [5.74, 6) is 0.619. The largest absolute Gasteiger partial charge is 0.340 e. The van der Waals surface area contributed by atoms with Crippen molar-refractivity contribution >= 4 is 21.8 Å². The van der Waals surface area contributed by atoms with Crippen LogP contribution in [-0.4, -0.2) is 27.3 Å². The Balaban J connectivity index is 1.56. The first-order chi connectivity index (χ1) is 13.1. The van der Waals surface area contributed by atoms with Crippen molar-refractivity contribution in [3.8, 4) is 11.3 Å². The van der Waals surface area contributed by atoms with Gasteiger partial charge in [0.1, 0.15) is 17.9 Å². The molecular formula is C21H19BrN4O. The number of benzene rings is 2. The van der Waals surface area contributed by atoms with E-state index < -0.39 is 6.04 Å². The first-order valence-electron chi connectivity index (χ1n) is 8.72. The summed E-state index contributed by atoms with van der Waals surface area (Å²) < 4.78 is 1.02. The van der Waals surface area contributed by atoms with Crippen LogP contribution in [0.5, 0.6) is 0 Å². The van der Waals surface area contributed by atoms with Gasteiger partial charge in [-0.05, 0) is 23.3 Å². The Kier molecular flexibility index (Phi) is 4.92. The number of hydrogen-bond donors (Lipinski definition) is 2. The number of halogens is 1. The molecule has 0 saturated carbocycles. The monoisotopic (exact) mass is 422 g/mol. The molecule has 2 heterocycles. The number of aromatic nitrogens is 2. The molecule has 0 aliphatic carbocycles. The Hall–Kier alpha value is -2.70. The number of H-pyrrole nitrogens is 1. The van der Waals surface area contributed by atoms with Crippen molar-refractivity contribution in [2.24, 2.45) is 5.73 Å². The lowest BCUT2D eigenvalue weighted by Crippen LogP contribution is -2.38. The minimum Gasteiger partial charge on any atom is -0.340 e. The van der Waals surface area contributed by atoms with Crippen LogP contribution in [0.3, 0.4) is 0 Å². The molecule has 0 saturated heterocycles. The van der Waals surface area contributed by atoms with E-state index in [4.69, 9.17) is 5.73 Å². The predicted octanol–water partition coefficient (Wildman–Crippen LogP) is 3.98. The number of nitrogens with one attached hydrogen (secondary N) is 1. The molecule has 136 valence electrons. The quantitative estimate of drug-likeness (QED) is 0.624. The van der Waals surface area contributed by atoms with Gasteiger partial charge in [0, 0.05) is 11.0 Å². The van der Waals surface area contributed by atoms with Gasteiger partial charge in [-0.15, -0.1) is 0 Å². The van der Waals surface area contributed by atoms with Gasteiger partial charge in [0.2, 0.25) is 5.91 Å². The maximum atomic E-state index is 13.0. The molecule has 6 heteroatoms. The highest BCUT2D eigenvalue weighted by Gasteiger charge is 2.31. The fourth-order valence-electron chi connectivity index (χ4n) is 3.23. The van der Waals surface area contributed by atoms with E-state index in [2.05, 4.69) is 25.9 Å². The molecule has 0 spiro atoms. The summed E-state index contributed by atoms with van der Waals surface area (Å²) in [4.78, 5) is 22.6. The summed E-state index contributed by atoms with van der Waals surface area (Å²) >= 11 is 3.44. The molecule has 3 aromatic rings. The maximum absolute atomic E-state index is 13.0. The summed E-state index contributed by atoms with van der Waals surface area (Å²) in [6, 6.07) is 16.5. The lowest BCUT2D eigenvalue weighted by atomic mass is 10.1. The summed E-state index contributed by atoms with van der Waals surface area (Å²) in [6.07, 6.45) is 5.76. The van der Waals surface area contributed by atoms with Crippen LogP contribution in [0, 0.1) is 0 Å². The van der Waals surface area contributed by atoms with Gasteiger partial charge in [0.15, 0.2) is 0 Å². The van der Waals surface area contributed by atoms with Crippen molar-refractivity contribution in [1.82, 2.24) is 14.9 Å². The molecule has 5 nitrogen and oxygen atoms in total. The normalized spacial score (nSPS) is 17.3. The molecule has 0 bridgehead atoms. The van der Waals surface area contributed by atoms with E-state index in [0.717, 1.165) is 27.1 Å². The number of nitrogens with zero attached hydrogens (tertiary/aromatic N) is 2. The van der Waals surface area contributed by atoms with Crippen molar-refractivity contribution in [2.45, 2.75) is 12.1 Å². The third-order valence-corrected chi connectivity index (χ3v) is 5.22. The Morgan fingerprint density at radius 1 is 1.19 bits per heavy atom. The zero-order valence-electron chi connectivity index (χ0n) is 14.5. The van der Waals surface area contributed by atoms with Gasteiger partial charge >= 0.3 is 0 Å². The molecule has 1 aliphatic rings. The lowest BCUT2D eigenvalue weighted by molar-refractivity contribution is -0.133. The first kappa shape index (κ1) is 17.7. The van der Waals surface area contributed by atoms with Crippen molar-refractivity contribution in [2.75, 3.05) is 6.54 Å². The van der Waals surface area contributed by atoms with E-state index in [-0.39, 0.29) is 11.9 Å². The minimum atomic E-state index is -0.686. The summed E-state index contributed by atoms with van der Waals surface area (Å²) in [5.41, 5.74) is 8.98. The molecule has 0 radical (unpaired) electrons. The van der Waals surface area contributed by atoms with Crippen LogP contribution in [0.1, 0.15) is 23.5 Å². The van der Waals surface area contributed by atoms with E-state index in [0.29, 0.717) is 6.54 Å². The van der Waals surface area contributed by atoms with Crippen LogP contribution in [-0.2, 0) is 4.79 Å². The van der Waals surface area contributed by atoms with Crippen LogP contribution in [0.2, 0.25) is 0 Å². The highest BCUT2D eigenvalue weighted by Crippen LogP contribution is 2.29. The smallest absolute Gasteiger partial charge is 0.245 e. The fourth-order valence-corrected chi connectivity index (χ4v) is 3.50. The average molecular weight is 423 g/mol. The Morgan fingerprint density at radius 2 is 1.93 bits per heavy atom. The van der Waals surface area contributed by atoms with Gasteiger partial charge in [-0.25, -0.2) is 4.98 Å². The average Bonchev–Trinajstić information content (AvgIpc) is 3.37. The summed E-state index contributed by atoms with van der Waals surface area (Å²) in [7, 11) is 0. The number of imidazole rings is 1. The molecule has 0 unspecified atom stereocenters. The maximum Gasteiger partial charge on any atom is 0.245 e. The molecule has 1 aromatic heterocycles. The Bertz CT molecular complexity index is 965. The van der Waals surface area contributed by atoms with E-state index in [1.165, 1.54) is 0 Å². The van der Waals surface area contributed by atoms with Gasteiger partial charge in [0.25, 0.3) is 0 Å². The van der Waals surface area contributed by atoms with E-state index in [1.54, 1.807) is 11.1 Å². The van der Waals surface area contributed by atoms with Crippen molar-refractivity contribution in [3.05, 3.63) is 88.8 Å². The van der Waals surface area contributed by atoms with Gasteiger partial charge in [-0.2, -0.15) is 0 Å². The van der Waals surface area contributed by atoms with Gasteiger partial charge in [0.05, 0.1) is 11.9 Å². The van der Waals surface area contributed by atoms with Crippen LogP contribution < -0.4 is 5.73 Å². The summed E-state index contributed by atoms with van der Waals surface area (Å²) in [6.45, 7) is 0.526. The molecule has 0 fully saturated rings. The van der Waals surface area contributed by atoms with Crippen molar-refractivity contribution < 1.29 is 4.79 Å². The summed E-state index contributed by atoms with van der Waals surface area (Å²) in [5, 5.41) is 0. The molecule has 2 aromatic carbocycles. The van der Waals surface area contributed by atoms with E-state index in [1.807, 2.05) is 66.7 Å². The molecule has 3 N–H and O–H groups in total. The number of nitrogens with two attached hydrogens (primary N) is 1. The number of aromatic amines is 1. The highest BCUT2D eigenvalue weighted by atomic mass is 79.9. The highest BCUT2D eigenvalue weighted by molar-refractivity contribution is 9.10. The van der Waals surface area contributed by atoms with Gasteiger partial charge < -0.3 is 15.6 Å². The molecule has 1 aliphatic heterocycles. The molecular weight excluding hydrogens is 404 g/mol. The second kappa shape index (κ2) is 7.50. The molecule has 2 atom stereocenters. The van der Waals surface area contributed by atoms with Crippen LogP contribution in [0.15, 0.2) is 77.4 Å². The Morgan fingerprint density at radius 3 is 2.67 bits per heavy atom. The van der Waals surface area contributed by atoms with Gasteiger partial charge in [-0.3, -0.25) is 4.79 Å². The van der Waals surface area contributed by atoms with E-state index >= 15 is 0 Å². The van der Waals surface area contributed by atoms with Crippen LogP contribution >= 0.6 is 15.9 Å². The zero-order valence-corrected chi connectivity index (χ0v) is 16.1. The number of carbonyl (C=O) groups is 1. The Labute approximate surface area is 166 Å². The number of carbonyl (C=O) groups excluding carboxylic acids is 1. The minimum absolute atomic E-state index is 0.113. The molecule has 1 amide bonds. The number of rotatable bonds is 4. The molecule has 4 rings (SSSR count). The zero-order chi connectivity index (χ0) is 18.8. The first-order valence-corrected chi connectivity index (χ1v) is 9.51. The van der Waals surface area contributed by atoms with Crippen LogP contribution in [0.25, 0.3) is 11.3 Å². The predicted molar refractivity (Wildman–Crippen MR) is 109 cm³/mol. The third kappa shape index (κ3) is 3.59. The van der Waals surface area contributed by atoms with Gasteiger partial charge in [-0.1, -0.05) is 70.5 Å². The number of hydrogen-bond acceptors (Lipinski definition) is 3. The van der Waals surface area contributed by atoms with Crippen molar-refractivity contribution in [1.29, 1.82) is 0 Å².